The van der Waals surface area contributed by atoms with Crippen LogP contribution in [0.5, 0.6) is 0 Å². The summed E-state index contributed by atoms with van der Waals surface area (Å²) in [4.78, 5) is 4.45. The maximum absolute atomic E-state index is 13.4. The zero-order valence-electron chi connectivity index (χ0n) is 10.9. The number of alkyl halides is 2. The van der Waals surface area contributed by atoms with Gasteiger partial charge in [0.25, 0.3) is 0 Å². The van der Waals surface area contributed by atoms with Crippen molar-refractivity contribution < 1.29 is 8.78 Å². The van der Waals surface area contributed by atoms with Gasteiger partial charge in [-0.3, -0.25) is 0 Å². The van der Waals surface area contributed by atoms with E-state index in [9.17, 15) is 8.78 Å². The lowest BCUT2D eigenvalue weighted by Gasteiger charge is -2.30. The number of thiazole rings is 1. The molecule has 5 heteroatoms. The first-order chi connectivity index (χ1) is 8.50. The van der Waals surface area contributed by atoms with Crippen molar-refractivity contribution in [1.82, 2.24) is 10.3 Å². The minimum atomic E-state index is -2.46. The number of aromatic nitrogens is 1. The smallest absolute Gasteiger partial charge is 0.248 e. The van der Waals surface area contributed by atoms with Crippen LogP contribution in [0, 0.1) is 12.8 Å². The number of aryl methyl sites for hydroxylation is 1. The summed E-state index contributed by atoms with van der Waals surface area (Å²) in [6, 6.07) is 0.105. The zero-order valence-corrected chi connectivity index (χ0v) is 11.7. The highest BCUT2D eigenvalue weighted by molar-refractivity contribution is 7.09. The highest BCUT2D eigenvalue weighted by Crippen LogP contribution is 2.40. The molecule has 1 aliphatic carbocycles. The summed E-state index contributed by atoms with van der Waals surface area (Å²) in [5.74, 6) is -2.35. The van der Waals surface area contributed by atoms with E-state index in [2.05, 4.69) is 10.3 Å². The highest BCUT2D eigenvalue weighted by atomic mass is 32.1. The molecular weight excluding hydrogens is 254 g/mol. The summed E-state index contributed by atoms with van der Waals surface area (Å²) >= 11 is 1.61. The Morgan fingerprint density at radius 3 is 2.94 bits per heavy atom. The number of hydrogen-bond donors (Lipinski definition) is 1. The summed E-state index contributed by atoms with van der Waals surface area (Å²) in [5, 5.41) is 6.26. The normalized spacial score (nSPS) is 25.0. The molecule has 1 aromatic heterocycles. The number of nitrogens with one attached hydrogen (secondary N) is 1. The van der Waals surface area contributed by atoms with Gasteiger partial charge in [0.1, 0.15) is 0 Å². The molecule has 1 aliphatic rings. The van der Waals surface area contributed by atoms with Gasteiger partial charge in [0.05, 0.1) is 16.7 Å². The number of rotatable bonds is 4. The average Bonchev–Trinajstić information content (AvgIpc) is 2.71. The van der Waals surface area contributed by atoms with Crippen molar-refractivity contribution in [2.24, 2.45) is 5.92 Å². The van der Waals surface area contributed by atoms with Gasteiger partial charge in [-0.15, -0.1) is 11.3 Å². The first-order valence-electron chi connectivity index (χ1n) is 6.47. The molecule has 102 valence electrons. The second-order valence-corrected chi connectivity index (χ2v) is 6.25. The first kappa shape index (κ1) is 13.9. The lowest BCUT2D eigenvalue weighted by atomic mass is 9.82. The average molecular weight is 274 g/mol. The molecule has 0 aliphatic heterocycles. The Labute approximate surface area is 111 Å². The molecule has 1 aromatic rings. The third-order valence-corrected chi connectivity index (χ3v) is 4.45. The summed E-state index contributed by atoms with van der Waals surface area (Å²) in [6.45, 7) is 1.97. The third-order valence-electron chi connectivity index (χ3n) is 3.65. The summed E-state index contributed by atoms with van der Waals surface area (Å²) in [6.07, 6.45) is 2.41. The molecule has 2 atom stereocenters. The van der Waals surface area contributed by atoms with Crippen LogP contribution in [-0.2, 0) is 0 Å². The van der Waals surface area contributed by atoms with Crippen LogP contribution in [0.3, 0.4) is 0 Å². The van der Waals surface area contributed by atoms with Crippen LogP contribution in [0.15, 0.2) is 5.38 Å². The SMILES string of the molecule is CNC(CC1CCCC(F)(F)C1)c1csc(C)n1. The van der Waals surface area contributed by atoms with Crippen LogP contribution < -0.4 is 5.32 Å². The van der Waals surface area contributed by atoms with Crippen LogP contribution in [0.2, 0.25) is 0 Å². The quantitative estimate of drug-likeness (QED) is 0.900. The lowest BCUT2D eigenvalue weighted by Crippen LogP contribution is -2.29. The van der Waals surface area contributed by atoms with Gasteiger partial charge in [0, 0.05) is 18.2 Å². The van der Waals surface area contributed by atoms with Crippen molar-refractivity contribution in [3.05, 3.63) is 16.1 Å². The lowest BCUT2D eigenvalue weighted by molar-refractivity contribution is -0.0548. The molecule has 1 fully saturated rings. The van der Waals surface area contributed by atoms with E-state index in [4.69, 9.17) is 0 Å². The van der Waals surface area contributed by atoms with E-state index in [1.54, 1.807) is 11.3 Å². The van der Waals surface area contributed by atoms with Gasteiger partial charge in [-0.25, -0.2) is 13.8 Å². The van der Waals surface area contributed by atoms with Crippen molar-refractivity contribution in [3.63, 3.8) is 0 Å². The van der Waals surface area contributed by atoms with Crippen molar-refractivity contribution in [1.29, 1.82) is 0 Å². The molecule has 0 bridgehead atoms. The highest BCUT2D eigenvalue weighted by Gasteiger charge is 2.37. The Morgan fingerprint density at radius 2 is 2.39 bits per heavy atom. The number of nitrogens with zero attached hydrogens (tertiary/aromatic N) is 1. The maximum Gasteiger partial charge on any atom is 0.248 e. The third kappa shape index (κ3) is 3.48. The topological polar surface area (TPSA) is 24.9 Å². The Kier molecular flexibility index (Phi) is 4.33. The first-order valence-corrected chi connectivity index (χ1v) is 7.35. The fourth-order valence-electron chi connectivity index (χ4n) is 2.74. The van der Waals surface area contributed by atoms with Crippen molar-refractivity contribution in [2.75, 3.05) is 7.05 Å². The molecule has 1 N–H and O–H groups in total. The van der Waals surface area contributed by atoms with Crippen LogP contribution >= 0.6 is 11.3 Å². The van der Waals surface area contributed by atoms with Gasteiger partial charge in [-0.1, -0.05) is 0 Å². The number of halogens is 2. The van der Waals surface area contributed by atoms with Gasteiger partial charge in [-0.05, 0) is 39.2 Å². The van der Waals surface area contributed by atoms with E-state index in [-0.39, 0.29) is 24.8 Å². The second kappa shape index (κ2) is 5.61. The molecule has 18 heavy (non-hydrogen) atoms. The van der Waals surface area contributed by atoms with Crippen LogP contribution in [0.1, 0.15) is 48.8 Å². The Bertz CT molecular complexity index is 392. The standard InChI is InChI=1S/C13H20F2N2S/c1-9-17-12(8-18-9)11(16-2)6-10-4-3-5-13(14,15)7-10/h8,10-11,16H,3-7H2,1-2H3. The molecule has 1 heterocycles. The molecule has 0 radical (unpaired) electrons. The molecule has 2 unspecified atom stereocenters. The van der Waals surface area contributed by atoms with E-state index >= 15 is 0 Å². The molecule has 0 aromatic carbocycles. The molecular formula is C13H20F2N2S. The Hall–Kier alpha value is -0.550. The predicted molar refractivity (Wildman–Crippen MR) is 70.2 cm³/mol. The van der Waals surface area contributed by atoms with E-state index < -0.39 is 5.92 Å². The van der Waals surface area contributed by atoms with Crippen LogP contribution in [0.25, 0.3) is 0 Å². The van der Waals surface area contributed by atoms with E-state index in [1.807, 2.05) is 19.4 Å². The fraction of sp³-hybridized carbons (Fsp3) is 0.769. The Balaban J connectivity index is 1.98. The summed E-state index contributed by atoms with van der Waals surface area (Å²) in [7, 11) is 1.88. The predicted octanol–water partition coefficient (Wildman–Crippen LogP) is 3.93. The van der Waals surface area contributed by atoms with Gasteiger partial charge in [0.15, 0.2) is 0 Å². The van der Waals surface area contributed by atoms with Crippen LogP contribution in [-0.4, -0.2) is 18.0 Å². The molecule has 0 saturated heterocycles. The van der Waals surface area contributed by atoms with Gasteiger partial charge in [0.2, 0.25) is 5.92 Å². The van der Waals surface area contributed by atoms with Crippen LogP contribution in [0.4, 0.5) is 8.78 Å². The van der Waals surface area contributed by atoms with E-state index in [1.165, 1.54) is 0 Å². The largest absolute Gasteiger partial charge is 0.312 e. The van der Waals surface area contributed by atoms with Gasteiger partial charge >= 0.3 is 0 Å². The van der Waals surface area contributed by atoms with Crippen molar-refractivity contribution in [2.45, 2.75) is 51.0 Å². The second-order valence-electron chi connectivity index (χ2n) is 5.19. The molecule has 1 saturated carbocycles. The molecule has 2 nitrogen and oxygen atoms in total. The molecule has 0 spiro atoms. The van der Waals surface area contributed by atoms with E-state index in [0.717, 1.165) is 23.5 Å². The van der Waals surface area contributed by atoms with Gasteiger partial charge in [-0.2, -0.15) is 0 Å². The fourth-order valence-corrected chi connectivity index (χ4v) is 3.40. The summed E-state index contributed by atoms with van der Waals surface area (Å²) in [5.41, 5.74) is 0.994. The molecule has 2 rings (SSSR count). The minimum Gasteiger partial charge on any atom is -0.312 e. The molecule has 0 amide bonds. The maximum atomic E-state index is 13.4. The summed E-state index contributed by atoms with van der Waals surface area (Å²) < 4.78 is 26.8. The monoisotopic (exact) mass is 274 g/mol. The zero-order chi connectivity index (χ0) is 13.2. The number of hydrogen-bond acceptors (Lipinski definition) is 3. The minimum absolute atomic E-state index is 0.0360. The van der Waals surface area contributed by atoms with E-state index in [0.29, 0.717) is 6.42 Å². The van der Waals surface area contributed by atoms with Crippen molar-refractivity contribution in [3.8, 4) is 0 Å². The van der Waals surface area contributed by atoms with Gasteiger partial charge < -0.3 is 5.32 Å². The van der Waals surface area contributed by atoms with Crippen molar-refractivity contribution >= 4 is 11.3 Å². The Morgan fingerprint density at radius 1 is 1.61 bits per heavy atom.